The predicted molar refractivity (Wildman–Crippen MR) is 184 cm³/mol. The van der Waals surface area contributed by atoms with Crippen molar-refractivity contribution in [2.45, 2.75) is 37.1 Å². The van der Waals surface area contributed by atoms with Gasteiger partial charge in [-0.2, -0.15) is 9.47 Å². The molecule has 4 aromatic rings. The Kier molecular flexibility index (Phi) is 10.5. The van der Waals surface area contributed by atoms with Gasteiger partial charge in [0.2, 0.25) is 5.91 Å². The van der Waals surface area contributed by atoms with Gasteiger partial charge in [-0.25, -0.2) is 9.00 Å². The summed E-state index contributed by atoms with van der Waals surface area (Å²) in [5.41, 5.74) is 3.71. The molecule has 0 spiro atoms. The second kappa shape index (κ2) is 14.7. The van der Waals surface area contributed by atoms with Crippen LogP contribution in [0.25, 0.3) is 0 Å². The minimum absolute atomic E-state index is 0.0491. The monoisotopic (exact) mass is 681 g/mol. The second-order valence-electron chi connectivity index (χ2n) is 12.1. The minimum Gasteiger partial charge on any atom is -0.507 e. The van der Waals surface area contributed by atoms with Crippen molar-refractivity contribution in [3.05, 3.63) is 124 Å². The third-order valence-electron chi connectivity index (χ3n) is 8.77. The highest BCUT2D eigenvalue weighted by Gasteiger charge is 2.31. The molecule has 0 radical (unpaired) electrons. The lowest BCUT2D eigenvalue weighted by atomic mass is 9.88. The zero-order valence-corrected chi connectivity index (χ0v) is 28.0. The molecule has 1 aliphatic heterocycles. The Morgan fingerprint density at radius 1 is 0.959 bits per heavy atom. The van der Waals surface area contributed by atoms with Crippen molar-refractivity contribution in [1.29, 1.82) is 5.26 Å². The molecule has 4 aromatic carbocycles. The van der Waals surface area contributed by atoms with Crippen LogP contribution < -0.4 is 4.90 Å². The Labute approximate surface area is 285 Å². The van der Waals surface area contributed by atoms with Gasteiger partial charge in [-0.05, 0) is 85.3 Å². The SMILES string of the molecule is Cc1ccc(S(=O)(=[OH+])N(C)CC(=O)N(Cc2ccc(C3CCN(C(=O)c4ccc(C#N)cc4)CC3)cc2)c2ccc(C(=O)O)c(O)c2)cc1. The molecule has 3 N–H and O–H groups in total. The molecular formula is C37H37N4O7S+. The maximum Gasteiger partial charge on any atom is 0.375 e. The van der Waals surface area contributed by atoms with Crippen LogP contribution in [0.1, 0.15) is 61.7 Å². The number of carbonyl (C=O) groups is 3. The normalized spacial score (nSPS) is 14.5. The number of rotatable bonds is 10. The largest absolute Gasteiger partial charge is 0.507 e. The van der Waals surface area contributed by atoms with E-state index in [9.17, 15) is 33.0 Å². The van der Waals surface area contributed by atoms with Crippen LogP contribution in [0.4, 0.5) is 5.69 Å². The van der Waals surface area contributed by atoms with Gasteiger partial charge in [0.25, 0.3) is 5.91 Å². The second-order valence-corrected chi connectivity index (χ2v) is 14.2. The molecule has 49 heavy (non-hydrogen) atoms. The van der Waals surface area contributed by atoms with E-state index in [1.165, 1.54) is 42.3 Å². The van der Waals surface area contributed by atoms with Crippen LogP contribution in [0.15, 0.2) is 95.9 Å². The van der Waals surface area contributed by atoms with Gasteiger partial charge in [0.05, 0.1) is 24.7 Å². The molecule has 1 unspecified atom stereocenters. The quantitative estimate of drug-likeness (QED) is 0.215. The van der Waals surface area contributed by atoms with Gasteiger partial charge in [0.15, 0.2) is 0 Å². The first-order chi connectivity index (χ1) is 23.4. The number of hydrogen-bond acceptors (Lipinski definition) is 6. The molecule has 0 aliphatic carbocycles. The van der Waals surface area contributed by atoms with E-state index in [0.29, 0.717) is 24.2 Å². The van der Waals surface area contributed by atoms with Gasteiger partial charge in [-0.15, -0.1) is 4.31 Å². The number of carbonyl (C=O) groups excluding carboxylic acids is 2. The van der Waals surface area contributed by atoms with E-state index in [1.54, 1.807) is 36.4 Å². The van der Waals surface area contributed by atoms with Gasteiger partial charge in [-0.3, -0.25) is 9.59 Å². The molecule has 0 aromatic heterocycles. The van der Waals surface area contributed by atoms with E-state index in [2.05, 4.69) is 6.07 Å². The van der Waals surface area contributed by atoms with E-state index < -0.39 is 34.2 Å². The van der Waals surface area contributed by atoms with Crippen LogP contribution in [0, 0.1) is 18.3 Å². The number of likely N-dealkylation sites (tertiary alicyclic amines) is 1. The Morgan fingerprint density at radius 2 is 1.59 bits per heavy atom. The average molecular weight is 682 g/mol. The zero-order valence-electron chi connectivity index (χ0n) is 27.2. The summed E-state index contributed by atoms with van der Waals surface area (Å²) in [5.74, 6) is -2.21. The maximum atomic E-state index is 13.8. The lowest BCUT2D eigenvalue weighted by molar-refractivity contribution is -0.118. The summed E-state index contributed by atoms with van der Waals surface area (Å²) in [6.07, 6.45) is 1.55. The molecule has 1 atom stereocenters. The number of nitriles is 1. The molecule has 252 valence electrons. The molecule has 0 saturated carbocycles. The summed E-state index contributed by atoms with van der Waals surface area (Å²) in [6, 6.07) is 26.7. The summed E-state index contributed by atoms with van der Waals surface area (Å²) in [5, 5.41) is 28.8. The smallest absolute Gasteiger partial charge is 0.375 e. The molecule has 1 fully saturated rings. The summed E-state index contributed by atoms with van der Waals surface area (Å²) in [6.45, 7) is 2.65. The number of nitrogens with zero attached hydrogens (tertiary/aromatic N) is 4. The van der Waals surface area contributed by atoms with Gasteiger partial charge in [0, 0.05) is 37.5 Å². The number of aromatic hydroxyl groups is 1. The molecule has 1 aliphatic rings. The van der Waals surface area contributed by atoms with Crippen molar-refractivity contribution in [1.82, 2.24) is 9.21 Å². The average Bonchev–Trinajstić information content (AvgIpc) is 3.10. The number of piperidine rings is 1. The van der Waals surface area contributed by atoms with E-state index >= 15 is 0 Å². The van der Waals surface area contributed by atoms with Crippen LogP contribution >= 0.6 is 0 Å². The van der Waals surface area contributed by atoms with Crippen molar-refractivity contribution < 1.29 is 33.0 Å². The Balaban J connectivity index is 1.30. The molecule has 2 amide bonds. The van der Waals surface area contributed by atoms with E-state index in [4.69, 9.17) is 5.26 Å². The summed E-state index contributed by atoms with van der Waals surface area (Å²) >= 11 is 0. The zero-order chi connectivity index (χ0) is 35.3. The van der Waals surface area contributed by atoms with Crippen molar-refractivity contribution in [2.24, 2.45) is 0 Å². The topological polar surface area (TPSA) is 164 Å². The molecule has 11 nitrogen and oxygen atoms in total. The number of carboxylic acid groups (broad SMARTS) is 1. The molecule has 0 bridgehead atoms. The lowest BCUT2D eigenvalue weighted by Crippen LogP contribution is -2.41. The number of amides is 2. The number of aryl methyl sites for hydroxylation is 1. The number of anilines is 1. The molecule has 5 rings (SSSR count). The van der Waals surface area contributed by atoms with Crippen molar-refractivity contribution in [3.63, 3.8) is 0 Å². The first kappa shape index (κ1) is 34.8. The third-order valence-corrected chi connectivity index (χ3v) is 10.6. The highest BCUT2D eigenvalue weighted by atomic mass is 32.2. The molecule has 12 heteroatoms. The fourth-order valence-electron chi connectivity index (χ4n) is 5.81. The van der Waals surface area contributed by atoms with E-state index in [1.807, 2.05) is 36.1 Å². The minimum atomic E-state index is -3.74. The fourth-order valence-corrected chi connectivity index (χ4v) is 6.95. The number of hydrogen-bond donors (Lipinski definition) is 2. The predicted octanol–water partition coefficient (Wildman–Crippen LogP) is 5.30. The number of carboxylic acids is 1. The highest BCUT2D eigenvalue weighted by molar-refractivity contribution is 7.89. The highest BCUT2D eigenvalue weighted by Crippen LogP contribution is 2.31. The van der Waals surface area contributed by atoms with Crippen LogP contribution in [0.5, 0.6) is 5.75 Å². The number of benzene rings is 4. The summed E-state index contributed by atoms with van der Waals surface area (Å²) in [4.78, 5) is 41.6. The van der Waals surface area contributed by atoms with Gasteiger partial charge < -0.3 is 20.0 Å². The van der Waals surface area contributed by atoms with Crippen LogP contribution in [-0.2, 0) is 21.4 Å². The first-order valence-electron chi connectivity index (χ1n) is 15.7. The Bertz CT molecular complexity index is 2000. The number of aromatic carboxylic acids is 1. The van der Waals surface area contributed by atoms with Crippen LogP contribution in [-0.4, -0.2) is 72.3 Å². The molecule has 1 heterocycles. The maximum absolute atomic E-state index is 13.8. The van der Waals surface area contributed by atoms with Gasteiger partial charge in [0.1, 0.15) is 16.2 Å². The summed E-state index contributed by atoms with van der Waals surface area (Å²) in [7, 11) is -2.36. The number of phenols is 1. The third kappa shape index (κ3) is 7.97. The Morgan fingerprint density at radius 3 is 2.16 bits per heavy atom. The van der Waals surface area contributed by atoms with E-state index in [0.717, 1.165) is 33.8 Å². The first-order valence-corrected chi connectivity index (χ1v) is 17.1. The van der Waals surface area contributed by atoms with Crippen LogP contribution in [0.3, 0.4) is 0 Å². The van der Waals surface area contributed by atoms with Gasteiger partial charge >= 0.3 is 16.0 Å². The van der Waals surface area contributed by atoms with E-state index in [-0.39, 0.29) is 34.5 Å². The molecular weight excluding hydrogens is 644 g/mol. The summed E-state index contributed by atoms with van der Waals surface area (Å²) < 4.78 is 25.3. The lowest BCUT2D eigenvalue weighted by Gasteiger charge is -2.32. The van der Waals surface area contributed by atoms with Crippen molar-refractivity contribution in [2.75, 3.05) is 31.6 Å². The fraction of sp³-hybridized carbons (Fsp3) is 0.243. The number of likely N-dealkylation sites (N-methyl/N-ethyl adjacent to an activating group) is 1. The van der Waals surface area contributed by atoms with Crippen molar-refractivity contribution in [3.8, 4) is 11.8 Å². The van der Waals surface area contributed by atoms with Crippen molar-refractivity contribution >= 4 is 33.5 Å². The van der Waals surface area contributed by atoms with Gasteiger partial charge in [-0.1, -0.05) is 42.0 Å². The molecule has 1 saturated heterocycles. The standard InChI is InChI=1S/C37H36N4O7S/c1-25-3-14-32(15-4-25)49(47,48)39(2)24-35(43)41(31-13-16-33(37(45)46)34(42)21-31)23-27-7-9-28(10-8-27)29-17-19-40(20-18-29)36(44)30-11-5-26(22-38)6-12-30/h3-16,21,29,42H,17-20,23-24H2,1-2H3,(H,45,46)/p+1. The Hall–Kier alpha value is -5.51. The van der Waals surface area contributed by atoms with Crippen LogP contribution in [0.2, 0.25) is 0 Å².